The molecule has 4 rings (SSSR count). The molecule has 1 aromatic carbocycles. The van der Waals surface area contributed by atoms with Gasteiger partial charge in [-0.15, -0.1) is 0 Å². The van der Waals surface area contributed by atoms with Crippen LogP contribution in [-0.2, 0) is 4.74 Å². The molecule has 10 heteroatoms. The lowest BCUT2D eigenvalue weighted by Gasteiger charge is -2.34. The lowest BCUT2D eigenvalue weighted by molar-refractivity contribution is 0.0570. The number of hydrogen-bond donors (Lipinski definition) is 0. The van der Waals surface area contributed by atoms with Gasteiger partial charge in [0.1, 0.15) is 12.0 Å². The van der Waals surface area contributed by atoms with Crippen molar-refractivity contribution in [3.63, 3.8) is 0 Å². The third-order valence-electron chi connectivity index (χ3n) is 5.02. The van der Waals surface area contributed by atoms with Gasteiger partial charge in [0, 0.05) is 37.9 Å². The van der Waals surface area contributed by atoms with Gasteiger partial charge in [-0.3, -0.25) is 14.4 Å². The number of aromatic nitrogens is 2. The third-order valence-corrected chi connectivity index (χ3v) is 5.02. The van der Waals surface area contributed by atoms with Crippen LogP contribution >= 0.6 is 0 Å². The summed E-state index contributed by atoms with van der Waals surface area (Å²) in [5.41, 5.74) is 1.00. The fourth-order valence-corrected chi connectivity index (χ4v) is 3.45. The summed E-state index contributed by atoms with van der Waals surface area (Å²) in [5, 5.41) is 0. The van der Waals surface area contributed by atoms with Crippen molar-refractivity contribution in [1.29, 1.82) is 0 Å². The zero-order valence-corrected chi connectivity index (χ0v) is 16.3. The second kappa shape index (κ2) is 7.90. The molecule has 0 spiro atoms. The van der Waals surface area contributed by atoms with E-state index in [1.165, 1.54) is 12.5 Å². The van der Waals surface area contributed by atoms with E-state index < -0.39 is 11.8 Å². The van der Waals surface area contributed by atoms with Crippen LogP contribution in [0.4, 0.5) is 10.5 Å². The summed E-state index contributed by atoms with van der Waals surface area (Å²) in [6.07, 6.45) is 2.16. The van der Waals surface area contributed by atoms with Crippen LogP contribution in [0.3, 0.4) is 0 Å². The van der Waals surface area contributed by atoms with Crippen LogP contribution in [0.2, 0.25) is 0 Å². The normalized spacial score (nSPS) is 16.0. The first-order valence-electron chi connectivity index (χ1n) is 9.51. The molecule has 3 heterocycles. The smallest absolute Gasteiger partial charge is 0.409 e. The van der Waals surface area contributed by atoms with Crippen LogP contribution in [-0.4, -0.2) is 76.4 Å². The molecule has 0 N–H and O–H groups in total. The second-order valence-corrected chi connectivity index (χ2v) is 6.76. The van der Waals surface area contributed by atoms with Crippen molar-refractivity contribution in [1.82, 2.24) is 19.8 Å². The van der Waals surface area contributed by atoms with Gasteiger partial charge in [-0.05, 0) is 31.2 Å². The summed E-state index contributed by atoms with van der Waals surface area (Å²) in [4.78, 5) is 61.5. The van der Waals surface area contributed by atoms with Crippen LogP contribution in [0.5, 0.6) is 0 Å². The molecule has 1 fully saturated rings. The van der Waals surface area contributed by atoms with E-state index in [1.54, 1.807) is 41.0 Å². The lowest BCUT2D eigenvalue weighted by Crippen LogP contribution is -2.50. The second-order valence-electron chi connectivity index (χ2n) is 6.76. The van der Waals surface area contributed by atoms with Crippen molar-refractivity contribution >= 4 is 29.5 Å². The quantitative estimate of drug-likeness (QED) is 0.700. The number of ether oxygens (including phenoxy) is 1. The molecule has 0 saturated carbocycles. The van der Waals surface area contributed by atoms with Gasteiger partial charge in [0.05, 0.1) is 17.9 Å². The number of amides is 4. The van der Waals surface area contributed by atoms with Crippen molar-refractivity contribution in [3.8, 4) is 0 Å². The molecule has 4 amide bonds. The van der Waals surface area contributed by atoms with Crippen molar-refractivity contribution in [3.05, 3.63) is 53.6 Å². The molecule has 10 nitrogen and oxygen atoms in total. The fourth-order valence-electron chi connectivity index (χ4n) is 3.45. The summed E-state index contributed by atoms with van der Waals surface area (Å²) < 4.78 is 4.98. The van der Waals surface area contributed by atoms with E-state index in [0.29, 0.717) is 44.0 Å². The van der Waals surface area contributed by atoms with Gasteiger partial charge in [-0.2, -0.15) is 0 Å². The highest BCUT2D eigenvalue weighted by Crippen LogP contribution is 2.27. The Morgan fingerprint density at radius 1 is 1.00 bits per heavy atom. The summed E-state index contributed by atoms with van der Waals surface area (Å²) in [7, 11) is 0. The standard InChI is InChI=1S/C20H19N5O5/c1-2-30-20(29)24-9-7-23(8-10-24)17(26)13-3-5-14(6-4-13)25-18(27)15-11-21-12-22-16(15)19(25)28/h3-6,11-12H,2,7-10H2,1H3. The number of carbonyl (C=O) groups excluding carboxylic acids is 4. The predicted octanol–water partition coefficient (Wildman–Crippen LogP) is 1.19. The number of hydrogen-bond acceptors (Lipinski definition) is 7. The van der Waals surface area contributed by atoms with Crippen LogP contribution in [0.25, 0.3) is 0 Å². The van der Waals surface area contributed by atoms with E-state index in [4.69, 9.17) is 4.74 Å². The Morgan fingerprint density at radius 3 is 2.30 bits per heavy atom. The molecule has 0 unspecified atom stereocenters. The Labute approximate surface area is 172 Å². The van der Waals surface area contributed by atoms with Crippen LogP contribution in [0.15, 0.2) is 36.8 Å². The molecule has 30 heavy (non-hydrogen) atoms. The minimum Gasteiger partial charge on any atom is -0.450 e. The minimum atomic E-state index is -0.522. The molecular weight excluding hydrogens is 390 g/mol. The van der Waals surface area contributed by atoms with E-state index in [0.717, 1.165) is 4.90 Å². The number of carbonyl (C=O) groups is 4. The van der Waals surface area contributed by atoms with Gasteiger partial charge in [0.2, 0.25) is 0 Å². The van der Waals surface area contributed by atoms with Crippen LogP contribution in [0, 0.1) is 0 Å². The number of benzene rings is 1. The van der Waals surface area contributed by atoms with Gasteiger partial charge in [-0.25, -0.2) is 19.7 Å². The molecule has 2 aliphatic rings. The Balaban J connectivity index is 1.43. The van der Waals surface area contributed by atoms with Gasteiger partial charge in [-0.1, -0.05) is 0 Å². The molecule has 0 radical (unpaired) electrons. The zero-order chi connectivity index (χ0) is 21.3. The van der Waals surface area contributed by atoms with E-state index in [2.05, 4.69) is 9.97 Å². The number of fused-ring (bicyclic) bond motifs is 1. The van der Waals surface area contributed by atoms with Crippen LogP contribution < -0.4 is 4.90 Å². The Morgan fingerprint density at radius 2 is 1.67 bits per heavy atom. The number of nitrogens with zero attached hydrogens (tertiary/aromatic N) is 5. The number of imide groups is 1. The fraction of sp³-hybridized carbons (Fsp3) is 0.300. The van der Waals surface area contributed by atoms with E-state index in [-0.39, 0.29) is 23.3 Å². The molecule has 1 saturated heterocycles. The molecule has 0 bridgehead atoms. The van der Waals surface area contributed by atoms with Crippen LogP contribution in [0.1, 0.15) is 38.1 Å². The summed E-state index contributed by atoms with van der Waals surface area (Å²) in [6, 6.07) is 6.25. The average molecular weight is 409 g/mol. The van der Waals surface area contributed by atoms with E-state index in [1.807, 2.05) is 0 Å². The summed E-state index contributed by atoms with van der Waals surface area (Å²) in [5.74, 6) is -1.20. The predicted molar refractivity (Wildman–Crippen MR) is 104 cm³/mol. The molecule has 154 valence electrons. The average Bonchev–Trinajstić information content (AvgIpc) is 3.04. The molecule has 0 atom stereocenters. The molecular formula is C20H19N5O5. The first-order chi connectivity index (χ1) is 14.5. The highest BCUT2D eigenvalue weighted by atomic mass is 16.6. The van der Waals surface area contributed by atoms with Gasteiger partial charge < -0.3 is 14.5 Å². The Hall–Kier alpha value is -3.82. The first-order valence-corrected chi connectivity index (χ1v) is 9.51. The Kier molecular flexibility index (Phi) is 5.13. The maximum atomic E-state index is 12.8. The monoisotopic (exact) mass is 409 g/mol. The highest BCUT2D eigenvalue weighted by molar-refractivity contribution is 6.33. The van der Waals surface area contributed by atoms with Crippen molar-refractivity contribution in [2.75, 3.05) is 37.7 Å². The van der Waals surface area contributed by atoms with Crippen molar-refractivity contribution in [2.45, 2.75) is 6.92 Å². The number of rotatable bonds is 3. The highest BCUT2D eigenvalue weighted by Gasteiger charge is 2.38. The molecule has 1 aromatic heterocycles. The zero-order valence-electron chi connectivity index (χ0n) is 16.3. The maximum absolute atomic E-state index is 12.8. The Bertz CT molecular complexity index is 980. The molecule has 2 aromatic rings. The molecule has 2 aliphatic heterocycles. The first kappa shape index (κ1) is 19.5. The number of anilines is 1. The maximum Gasteiger partial charge on any atom is 0.409 e. The lowest BCUT2D eigenvalue weighted by atomic mass is 10.1. The summed E-state index contributed by atoms with van der Waals surface area (Å²) in [6.45, 7) is 3.66. The molecule has 0 aliphatic carbocycles. The van der Waals surface area contributed by atoms with Gasteiger partial charge in [0.25, 0.3) is 17.7 Å². The SMILES string of the molecule is CCOC(=O)N1CCN(C(=O)c2ccc(N3C(=O)c4cncnc4C3=O)cc2)CC1. The minimum absolute atomic E-state index is 0.0645. The largest absolute Gasteiger partial charge is 0.450 e. The topological polar surface area (TPSA) is 113 Å². The van der Waals surface area contributed by atoms with Gasteiger partial charge >= 0.3 is 6.09 Å². The number of piperazine rings is 1. The van der Waals surface area contributed by atoms with Crippen molar-refractivity contribution in [2.24, 2.45) is 0 Å². The van der Waals surface area contributed by atoms with Crippen molar-refractivity contribution < 1.29 is 23.9 Å². The van der Waals surface area contributed by atoms with Gasteiger partial charge in [0.15, 0.2) is 0 Å². The third kappa shape index (κ3) is 3.36. The van der Waals surface area contributed by atoms with E-state index >= 15 is 0 Å². The summed E-state index contributed by atoms with van der Waals surface area (Å²) >= 11 is 0. The van der Waals surface area contributed by atoms with E-state index in [9.17, 15) is 19.2 Å².